The normalized spacial score (nSPS) is 42.1. The van der Waals surface area contributed by atoms with Crippen molar-refractivity contribution in [3.8, 4) is 11.8 Å². The van der Waals surface area contributed by atoms with Gasteiger partial charge in [0.25, 0.3) is 0 Å². The van der Waals surface area contributed by atoms with Gasteiger partial charge in [-0.25, -0.2) is 4.79 Å². The second kappa shape index (κ2) is 12.5. The van der Waals surface area contributed by atoms with Crippen LogP contribution in [0.1, 0.15) is 152 Å². The number of carbonyl (C=O) groups excluding carboxylic acids is 1. The number of aliphatic carboxylic acids is 2. The number of hydrogen-bond donors (Lipinski definition) is 2. The number of esters is 1. The van der Waals surface area contributed by atoms with E-state index >= 15 is 0 Å². The Kier molecular flexibility index (Phi) is 9.34. The van der Waals surface area contributed by atoms with E-state index in [9.17, 15) is 24.6 Å². The summed E-state index contributed by atoms with van der Waals surface area (Å²) in [7, 11) is 0. The Labute approximate surface area is 301 Å². The Morgan fingerprint density at radius 3 is 2.22 bits per heavy atom. The molecule has 10 atom stereocenters. The van der Waals surface area contributed by atoms with E-state index in [4.69, 9.17) is 4.74 Å². The second-order valence-corrected chi connectivity index (χ2v) is 19.8. The molecule has 5 saturated carbocycles. The van der Waals surface area contributed by atoms with Gasteiger partial charge in [0, 0.05) is 22.0 Å². The molecular formula is C44H64O6. The van der Waals surface area contributed by atoms with E-state index < -0.39 is 23.3 Å². The van der Waals surface area contributed by atoms with E-state index in [0.717, 1.165) is 69.8 Å². The van der Waals surface area contributed by atoms with Crippen LogP contribution in [0.5, 0.6) is 0 Å². The van der Waals surface area contributed by atoms with Crippen LogP contribution in [0.3, 0.4) is 0 Å². The predicted molar refractivity (Wildman–Crippen MR) is 196 cm³/mol. The van der Waals surface area contributed by atoms with Crippen LogP contribution in [0.25, 0.3) is 0 Å². The number of hydrogen-bond acceptors (Lipinski definition) is 4. The molecule has 0 radical (unpaired) electrons. The molecule has 0 aromatic carbocycles. The number of ether oxygens (including phenoxy) is 1. The maximum atomic E-state index is 13.1. The number of fused-ring (bicyclic) bond motifs is 7. The van der Waals surface area contributed by atoms with Crippen molar-refractivity contribution in [2.45, 2.75) is 158 Å². The molecule has 0 bridgehead atoms. The summed E-state index contributed by atoms with van der Waals surface area (Å²) >= 11 is 0. The molecule has 6 aliphatic rings. The third-order valence-corrected chi connectivity index (χ3v) is 16.6. The lowest BCUT2D eigenvalue weighted by molar-refractivity contribution is -0.247. The Hall–Kier alpha value is -2.55. The fourth-order valence-electron chi connectivity index (χ4n) is 13.7. The van der Waals surface area contributed by atoms with Crippen LogP contribution in [0.2, 0.25) is 0 Å². The van der Waals surface area contributed by atoms with Gasteiger partial charge in [-0.3, -0.25) is 9.59 Å². The molecule has 6 nitrogen and oxygen atoms in total. The first-order valence-electron chi connectivity index (χ1n) is 19.8. The number of carbonyl (C=O) groups is 3. The number of rotatable bonds is 6. The molecule has 0 aliphatic heterocycles. The molecular weight excluding hydrogens is 624 g/mol. The summed E-state index contributed by atoms with van der Waals surface area (Å²) < 4.78 is 6.17. The molecule has 0 spiro atoms. The minimum Gasteiger partial charge on any atom is -0.481 e. The van der Waals surface area contributed by atoms with Crippen LogP contribution in [-0.2, 0) is 19.1 Å². The van der Waals surface area contributed by atoms with E-state index in [1.54, 1.807) is 13.8 Å². The van der Waals surface area contributed by atoms with E-state index in [-0.39, 0.29) is 39.6 Å². The lowest BCUT2D eigenvalue weighted by atomic mass is 9.32. The summed E-state index contributed by atoms with van der Waals surface area (Å²) in [6.45, 7) is 22.4. The first kappa shape index (κ1) is 37.2. The van der Waals surface area contributed by atoms with Gasteiger partial charge in [0.15, 0.2) is 0 Å². The molecule has 50 heavy (non-hydrogen) atoms. The molecule has 0 heterocycles. The Bertz CT molecular complexity index is 1540. The average Bonchev–Trinajstić information content (AvgIpc) is 3.42. The Balaban J connectivity index is 1.29. The maximum absolute atomic E-state index is 13.1. The van der Waals surface area contributed by atoms with Crippen LogP contribution in [0.4, 0.5) is 0 Å². The fourth-order valence-corrected chi connectivity index (χ4v) is 13.7. The van der Waals surface area contributed by atoms with Crippen molar-refractivity contribution < 1.29 is 29.3 Å². The third kappa shape index (κ3) is 5.62. The molecule has 6 heteroatoms. The number of carboxylic acid groups (broad SMARTS) is 2. The van der Waals surface area contributed by atoms with Gasteiger partial charge in [-0.2, -0.15) is 0 Å². The van der Waals surface area contributed by atoms with Gasteiger partial charge in [-0.15, -0.1) is 0 Å². The van der Waals surface area contributed by atoms with Crippen LogP contribution in [0.15, 0.2) is 23.3 Å². The zero-order valence-corrected chi connectivity index (χ0v) is 32.3. The molecule has 5 fully saturated rings. The smallest absolute Gasteiger partial charge is 0.332 e. The lowest BCUT2D eigenvalue weighted by Gasteiger charge is -2.72. The topological polar surface area (TPSA) is 101 Å². The quantitative estimate of drug-likeness (QED) is 0.164. The SMILES string of the molecule is C=C(C)[C@@H]1CCC2(C#CC3=C(C(=O)O)CCCC3)CC[C@]3(C)C(CCC4C5(C)CC[C@H](OC(=O)CC(C)(C)C(=O)O)C(C)(C)C5CCC43C)C12. The van der Waals surface area contributed by atoms with Crippen LogP contribution in [-0.4, -0.2) is 34.2 Å². The second-order valence-electron chi connectivity index (χ2n) is 19.8. The van der Waals surface area contributed by atoms with Crippen molar-refractivity contribution in [2.75, 3.05) is 0 Å². The molecule has 2 N–H and O–H groups in total. The summed E-state index contributed by atoms with van der Waals surface area (Å²) in [6.07, 6.45) is 14.0. The van der Waals surface area contributed by atoms with Crippen molar-refractivity contribution in [2.24, 2.45) is 62.1 Å². The molecule has 0 saturated heterocycles. The highest BCUT2D eigenvalue weighted by Gasteiger charge is 2.71. The summed E-state index contributed by atoms with van der Waals surface area (Å²) in [4.78, 5) is 36.9. The zero-order chi connectivity index (χ0) is 36.7. The van der Waals surface area contributed by atoms with Gasteiger partial charge in [0.05, 0.1) is 11.8 Å². The summed E-state index contributed by atoms with van der Waals surface area (Å²) in [5.74, 6) is 7.73. The maximum Gasteiger partial charge on any atom is 0.332 e. The Morgan fingerprint density at radius 1 is 0.860 bits per heavy atom. The first-order valence-corrected chi connectivity index (χ1v) is 19.8. The summed E-state index contributed by atoms with van der Waals surface area (Å²) in [5, 5.41) is 19.5. The number of carboxylic acids is 2. The zero-order valence-electron chi connectivity index (χ0n) is 32.3. The van der Waals surface area contributed by atoms with Crippen molar-refractivity contribution in [3.63, 3.8) is 0 Å². The van der Waals surface area contributed by atoms with Crippen molar-refractivity contribution in [3.05, 3.63) is 23.3 Å². The predicted octanol–water partition coefficient (Wildman–Crippen LogP) is 10.0. The van der Waals surface area contributed by atoms with Gasteiger partial charge >= 0.3 is 17.9 Å². The molecule has 6 aliphatic carbocycles. The summed E-state index contributed by atoms with van der Waals surface area (Å²) in [5.41, 5.74) is 1.76. The van der Waals surface area contributed by atoms with E-state index in [1.165, 1.54) is 24.8 Å². The van der Waals surface area contributed by atoms with E-state index in [1.807, 2.05) is 0 Å². The highest BCUT2D eigenvalue weighted by Crippen LogP contribution is 2.77. The van der Waals surface area contributed by atoms with E-state index in [0.29, 0.717) is 41.6 Å². The first-order chi connectivity index (χ1) is 23.2. The van der Waals surface area contributed by atoms with Gasteiger partial charge in [0.1, 0.15) is 6.10 Å². The Morgan fingerprint density at radius 2 is 1.56 bits per heavy atom. The highest BCUT2D eigenvalue weighted by molar-refractivity contribution is 5.88. The molecule has 6 rings (SSSR count). The standard InChI is InChI=1S/C44H64O6/c1-27(2)29-17-23-44(22-16-28-12-10-11-13-30(28)37(46)47)25-24-42(8)31(36(29)44)14-15-33-41(7)20-19-34(50-35(45)26-39(3,4)38(48)49)40(5,6)32(41)18-21-43(33,42)9/h29,31-34,36H,1,10-15,17-21,23-26H2,2-9H3,(H,46,47)(H,48,49)/t29-,31?,32?,33?,34-,36?,41?,42+,43?,44?/m0/s1. The van der Waals surface area contributed by atoms with Crippen molar-refractivity contribution >= 4 is 17.9 Å². The van der Waals surface area contributed by atoms with Crippen molar-refractivity contribution in [1.29, 1.82) is 0 Å². The molecule has 0 aromatic heterocycles. The van der Waals surface area contributed by atoms with Gasteiger partial charge < -0.3 is 14.9 Å². The third-order valence-electron chi connectivity index (χ3n) is 16.6. The highest BCUT2D eigenvalue weighted by atomic mass is 16.5. The number of allylic oxidation sites excluding steroid dienone is 2. The van der Waals surface area contributed by atoms with Gasteiger partial charge in [-0.05, 0) is 156 Å². The molecule has 0 amide bonds. The van der Waals surface area contributed by atoms with Crippen LogP contribution in [0, 0.1) is 73.9 Å². The fraction of sp³-hybridized carbons (Fsp3) is 0.795. The van der Waals surface area contributed by atoms with E-state index in [2.05, 4.69) is 60.0 Å². The minimum absolute atomic E-state index is 0.0781. The molecule has 7 unspecified atom stereocenters. The van der Waals surface area contributed by atoms with Crippen LogP contribution < -0.4 is 0 Å². The lowest BCUT2D eigenvalue weighted by Crippen LogP contribution is -2.66. The monoisotopic (exact) mass is 688 g/mol. The average molecular weight is 689 g/mol. The molecule has 0 aromatic rings. The molecule has 276 valence electrons. The van der Waals surface area contributed by atoms with Crippen molar-refractivity contribution in [1.82, 2.24) is 0 Å². The summed E-state index contributed by atoms with van der Waals surface area (Å²) in [6, 6.07) is 0. The van der Waals surface area contributed by atoms with Crippen LogP contribution >= 0.6 is 0 Å². The van der Waals surface area contributed by atoms with Gasteiger partial charge in [-0.1, -0.05) is 58.6 Å². The largest absolute Gasteiger partial charge is 0.481 e. The minimum atomic E-state index is -1.15. The van der Waals surface area contributed by atoms with Gasteiger partial charge in [0.2, 0.25) is 0 Å².